The van der Waals surface area contributed by atoms with Crippen molar-refractivity contribution in [2.45, 2.75) is 13.3 Å². The van der Waals surface area contributed by atoms with E-state index in [2.05, 4.69) is 14.7 Å². The molecule has 0 saturated heterocycles. The summed E-state index contributed by atoms with van der Waals surface area (Å²) in [5.74, 6) is -1.53. The molecular weight excluding hydrogens is 218 g/mol. The van der Waals surface area contributed by atoms with Gasteiger partial charge in [0, 0.05) is 11.5 Å². The number of carboxylic acids is 1. The third kappa shape index (κ3) is 2.12. The predicted octanol–water partition coefficient (Wildman–Crippen LogP) is 0.506. The number of nitrogens with zero attached hydrogens (tertiary/aromatic N) is 2. The minimum atomic E-state index is -0.913. The molecule has 1 aliphatic carbocycles. The van der Waals surface area contributed by atoms with Gasteiger partial charge in [-0.25, -0.2) is 4.98 Å². The normalized spacial score (nSPS) is 23.5. The number of nitrogens with one attached hydrogen (secondary N) is 1. The van der Waals surface area contributed by atoms with Crippen LogP contribution in [0.25, 0.3) is 0 Å². The third-order valence-corrected chi connectivity index (χ3v) is 2.92. The second-order valence-electron chi connectivity index (χ2n) is 3.42. The Morgan fingerprint density at radius 2 is 2.27 bits per heavy atom. The maximum Gasteiger partial charge on any atom is 0.307 e. The fraction of sp³-hybridized carbons (Fsp3) is 0.500. The molecule has 2 rings (SSSR count). The van der Waals surface area contributed by atoms with Crippen LogP contribution in [0.2, 0.25) is 0 Å². The summed E-state index contributed by atoms with van der Waals surface area (Å²) in [5, 5.41) is 11.6. The average Bonchev–Trinajstić information content (AvgIpc) is 2.86. The second-order valence-corrected chi connectivity index (χ2v) is 4.17. The summed E-state index contributed by atoms with van der Waals surface area (Å²) < 4.78 is 3.90. The molecule has 0 aliphatic heterocycles. The van der Waals surface area contributed by atoms with Crippen molar-refractivity contribution in [2.24, 2.45) is 11.8 Å². The minimum Gasteiger partial charge on any atom is -0.481 e. The average molecular weight is 227 g/mol. The summed E-state index contributed by atoms with van der Waals surface area (Å²) >= 11 is 1.09. The van der Waals surface area contributed by atoms with Gasteiger partial charge in [0.1, 0.15) is 5.82 Å². The summed E-state index contributed by atoms with van der Waals surface area (Å²) in [6.07, 6.45) is 0.416. The van der Waals surface area contributed by atoms with Crippen LogP contribution in [0.4, 0.5) is 5.13 Å². The number of hydrogen-bond acceptors (Lipinski definition) is 5. The lowest BCUT2D eigenvalue weighted by atomic mass is 10.3. The Morgan fingerprint density at radius 1 is 1.53 bits per heavy atom. The van der Waals surface area contributed by atoms with Crippen LogP contribution in [0.15, 0.2) is 0 Å². The number of aryl methyl sites for hydroxylation is 1. The molecule has 0 aromatic carbocycles. The Balaban J connectivity index is 1.92. The topological polar surface area (TPSA) is 92.2 Å². The number of hydrogen-bond donors (Lipinski definition) is 2. The van der Waals surface area contributed by atoms with Gasteiger partial charge in [-0.3, -0.25) is 9.59 Å². The molecule has 7 heteroatoms. The monoisotopic (exact) mass is 227 g/mol. The van der Waals surface area contributed by atoms with Crippen molar-refractivity contribution in [3.8, 4) is 0 Å². The highest BCUT2D eigenvalue weighted by Gasteiger charge is 2.48. The Labute approximate surface area is 89.5 Å². The van der Waals surface area contributed by atoms with Crippen molar-refractivity contribution < 1.29 is 14.7 Å². The van der Waals surface area contributed by atoms with Crippen molar-refractivity contribution in [1.29, 1.82) is 0 Å². The van der Waals surface area contributed by atoms with Crippen LogP contribution in [0.1, 0.15) is 12.2 Å². The van der Waals surface area contributed by atoms with Gasteiger partial charge in [-0.05, 0) is 13.3 Å². The lowest BCUT2D eigenvalue weighted by molar-refractivity contribution is -0.139. The summed E-state index contributed by atoms with van der Waals surface area (Å²) in [4.78, 5) is 25.9. The maximum atomic E-state index is 11.5. The standard InChI is InChI=1S/C8H9N3O3S/c1-3-9-8(15-11-3)10-6(12)4-2-5(4)7(13)14/h4-5H,2H2,1H3,(H,13,14)(H,9,10,11,12)/t4-,5+/m1/s1. The van der Waals surface area contributed by atoms with Crippen molar-refractivity contribution in [1.82, 2.24) is 9.36 Å². The first-order valence-corrected chi connectivity index (χ1v) is 5.19. The summed E-state index contributed by atoms with van der Waals surface area (Å²) in [5.41, 5.74) is 0. The predicted molar refractivity (Wildman–Crippen MR) is 52.5 cm³/mol. The maximum absolute atomic E-state index is 11.5. The molecule has 2 N–H and O–H groups in total. The molecule has 2 atom stereocenters. The molecule has 1 aromatic rings. The summed E-state index contributed by atoms with van der Waals surface area (Å²) in [7, 11) is 0. The van der Waals surface area contributed by atoms with Crippen molar-refractivity contribution in [3.63, 3.8) is 0 Å². The van der Waals surface area contributed by atoms with Crippen LogP contribution in [0, 0.1) is 18.8 Å². The molecule has 1 heterocycles. The van der Waals surface area contributed by atoms with E-state index in [0.29, 0.717) is 17.4 Å². The van der Waals surface area contributed by atoms with Crippen LogP contribution >= 0.6 is 11.5 Å². The van der Waals surface area contributed by atoms with Gasteiger partial charge < -0.3 is 10.4 Å². The van der Waals surface area contributed by atoms with Gasteiger partial charge in [0.05, 0.1) is 11.8 Å². The van der Waals surface area contributed by atoms with E-state index in [1.807, 2.05) is 0 Å². The molecule has 0 bridgehead atoms. The highest BCUT2D eigenvalue weighted by molar-refractivity contribution is 7.09. The number of carbonyl (C=O) groups is 2. The van der Waals surface area contributed by atoms with Gasteiger partial charge in [0.25, 0.3) is 0 Å². The van der Waals surface area contributed by atoms with Crippen molar-refractivity contribution in [2.75, 3.05) is 5.32 Å². The highest BCUT2D eigenvalue weighted by Crippen LogP contribution is 2.39. The second kappa shape index (κ2) is 3.58. The molecule has 6 nitrogen and oxygen atoms in total. The third-order valence-electron chi connectivity index (χ3n) is 2.20. The SMILES string of the molecule is Cc1nsc(NC(=O)[C@@H]2C[C@@H]2C(=O)O)n1. The van der Waals surface area contributed by atoms with Crippen LogP contribution in [-0.2, 0) is 9.59 Å². The van der Waals surface area contributed by atoms with Gasteiger partial charge in [-0.1, -0.05) is 0 Å². The smallest absolute Gasteiger partial charge is 0.307 e. The molecule has 15 heavy (non-hydrogen) atoms. The minimum absolute atomic E-state index is 0.279. The van der Waals surface area contributed by atoms with Crippen LogP contribution in [-0.4, -0.2) is 26.3 Å². The first-order chi connectivity index (χ1) is 7.08. The Morgan fingerprint density at radius 3 is 2.73 bits per heavy atom. The van der Waals surface area contributed by atoms with Gasteiger partial charge in [0.2, 0.25) is 11.0 Å². The largest absolute Gasteiger partial charge is 0.481 e. The molecule has 1 aromatic heterocycles. The zero-order valence-electron chi connectivity index (χ0n) is 7.93. The molecule has 1 saturated carbocycles. The van der Waals surface area contributed by atoms with Crippen LogP contribution in [0.5, 0.6) is 0 Å². The van der Waals surface area contributed by atoms with Crippen LogP contribution in [0.3, 0.4) is 0 Å². The van der Waals surface area contributed by atoms with E-state index in [4.69, 9.17) is 5.11 Å². The first-order valence-electron chi connectivity index (χ1n) is 4.42. The van der Waals surface area contributed by atoms with E-state index in [-0.39, 0.29) is 5.91 Å². The number of aliphatic carboxylic acids is 1. The van der Waals surface area contributed by atoms with Gasteiger partial charge in [-0.15, -0.1) is 0 Å². The fourth-order valence-corrected chi connectivity index (χ4v) is 1.88. The van der Waals surface area contributed by atoms with Crippen LogP contribution < -0.4 is 5.32 Å². The van der Waals surface area contributed by atoms with E-state index in [1.165, 1.54) is 0 Å². The lowest BCUT2D eigenvalue weighted by Crippen LogP contribution is -2.16. The van der Waals surface area contributed by atoms with Crippen molar-refractivity contribution in [3.05, 3.63) is 5.82 Å². The van der Waals surface area contributed by atoms with E-state index >= 15 is 0 Å². The number of rotatable bonds is 3. The lowest BCUT2D eigenvalue weighted by Gasteiger charge is -1.97. The van der Waals surface area contributed by atoms with E-state index in [9.17, 15) is 9.59 Å². The van der Waals surface area contributed by atoms with Gasteiger partial charge >= 0.3 is 5.97 Å². The van der Waals surface area contributed by atoms with E-state index in [0.717, 1.165) is 11.5 Å². The molecule has 1 aliphatic rings. The molecule has 0 spiro atoms. The van der Waals surface area contributed by atoms with E-state index in [1.54, 1.807) is 6.92 Å². The number of anilines is 1. The Kier molecular flexibility index (Phi) is 2.39. The van der Waals surface area contributed by atoms with Crippen molar-refractivity contribution >= 4 is 28.5 Å². The van der Waals surface area contributed by atoms with Gasteiger partial charge in [-0.2, -0.15) is 4.37 Å². The highest BCUT2D eigenvalue weighted by atomic mass is 32.1. The zero-order valence-corrected chi connectivity index (χ0v) is 8.74. The summed E-state index contributed by atoms with van der Waals surface area (Å²) in [6.45, 7) is 1.73. The molecule has 0 unspecified atom stereocenters. The summed E-state index contributed by atoms with van der Waals surface area (Å²) in [6, 6.07) is 0. The molecule has 80 valence electrons. The molecule has 0 radical (unpaired) electrons. The molecule has 1 amide bonds. The quantitative estimate of drug-likeness (QED) is 0.784. The fourth-order valence-electron chi connectivity index (χ4n) is 1.30. The molecule has 1 fully saturated rings. The Hall–Kier alpha value is -1.50. The van der Waals surface area contributed by atoms with Gasteiger partial charge in [0.15, 0.2) is 0 Å². The Bertz CT molecular complexity index is 417. The zero-order chi connectivity index (χ0) is 11.0. The number of carboxylic acid groups (broad SMARTS) is 1. The van der Waals surface area contributed by atoms with E-state index < -0.39 is 17.8 Å². The first kappa shape index (κ1) is 10.0. The number of carbonyl (C=O) groups excluding carboxylic acids is 1. The molecular formula is C8H9N3O3S. The number of aromatic nitrogens is 2. The number of amides is 1.